The van der Waals surface area contributed by atoms with Crippen LogP contribution in [-0.4, -0.2) is 130 Å². The number of fused-ring (bicyclic) bond motifs is 6. The van der Waals surface area contributed by atoms with E-state index in [1.54, 1.807) is 14.2 Å². The van der Waals surface area contributed by atoms with Gasteiger partial charge in [-0.05, 0) is 73.5 Å². The van der Waals surface area contributed by atoms with Gasteiger partial charge in [0, 0.05) is 104 Å². The highest BCUT2D eigenvalue weighted by Crippen LogP contribution is 2.68. The smallest absolute Gasteiger partial charge is 0.344 e. The fourth-order valence-electron chi connectivity index (χ4n) is 13.2. The molecule has 2 aromatic carbocycles. The molecule has 13 heteroatoms. The number of aliphatic hydroxyl groups is 1. The molecule has 9 rings (SSSR count). The number of methoxy groups -OCH3 is 4. The van der Waals surface area contributed by atoms with Gasteiger partial charge in [-0.3, -0.25) is 19.4 Å². The highest BCUT2D eigenvalue weighted by atomic mass is 16.6. The summed E-state index contributed by atoms with van der Waals surface area (Å²) in [6.45, 7) is 9.30. The summed E-state index contributed by atoms with van der Waals surface area (Å²) in [5, 5.41) is 14.3. The van der Waals surface area contributed by atoms with Crippen molar-refractivity contribution in [2.75, 3.05) is 73.2 Å². The number of nitrogens with zero attached hydrogens (tertiary/aromatic N) is 3. The number of rotatable bonds is 8. The number of aromatic amines is 1. The normalized spacial score (nSPS) is 32.8. The Balaban J connectivity index is 1.36. The van der Waals surface area contributed by atoms with Crippen molar-refractivity contribution < 1.29 is 43.2 Å². The monoisotopic (exact) mass is 846 g/mol. The number of anilines is 1. The largest absolute Gasteiger partial charge is 0.496 e. The number of carbonyl (C=O) groups excluding carboxylic acids is 3. The third kappa shape index (κ3) is 5.65. The van der Waals surface area contributed by atoms with Crippen LogP contribution in [0.3, 0.4) is 0 Å². The minimum Gasteiger partial charge on any atom is -0.496 e. The first kappa shape index (κ1) is 42.2. The van der Waals surface area contributed by atoms with Crippen LogP contribution in [0.15, 0.2) is 54.1 Å². The summed E-state index contributed by atoms with van der Waals surface area (Å²) in [6.07, 6.45) is 7.52. The van der Waals surface area contributed by atoms with E-state index in [9.17, 15) is 14.7 Å². The molecule has 62 heavy (non-hydrogen) atoms. The Kier molecular flexibility index (Phi) is 10.4. The Bertz CT molecular complexity index is 2480. The lowest BCUT2D eigenvalue weighted by Crippen LogP contribution is -2.81. The van der Waals surface area contributed by atoms with Gasteiger partial charge in [0.1, 0.15) is 17.8 Å². The molecule has 0 radical (unpaired) electrons. The van der Waals surface area contributed by atoms with Crippen molar-refractivity contribution in [3.63, 3.8) is 0 Å². The summed E-state index contributed by atoms with van der Waals surface area (Å²) < 4.78 is 29.2. The van der Waals surface area contributed by atoms with Crippen LogP contribution in [0.2, 0.25) is 0 Å². The number of carbonyl (C=O) groups is 3. The van der Waals surface area contributed by atoms with E-state index < -0.39 is 51.9 Å². The zero-order chi connectivity index (χ0) is 43.9. The molecule has 1 unspecified atom stereocenters. The number of nitrogens with one attached hydrogen (secondary N) is 1. The van der Waals surface area contributed by atoms with E-state index in [1.165, 1.54) is 26.7 Å². The van der Waals surface area contributed by atoms with Gasteiger partial charge in [-0.1, -0.05) is 49.5 Å². The van der Waals surface area contributed by atoms with Gasteiger partial charge in [0.05, 0.1) is 27.4 Å². The predicted octanol–water partition coefficient (Wildman–Crippen LogP) is 4.75. The molecule has 1 saturated carbocycles. The zero-order valence-electron chi connectivity index (χ0n) is 37.1. The molecule has 1 aliphatic carbocycles. The van der Waals surface area contributed by atoms with Crippen LogP contribution >= 0.6 is 0 Å². The molecule has 6 heterocycles. The molecule has 13 nitrogen and oxygen atoms in total. The summed E-state index contributed by atoms with van der Waals surface area (Å²) in [5.41, 5.74) is 1.46. The highest BCUT2D eigenvalue weighted by Gasteiger charge is 2.80. The van der Waals surface area contributed by atoms with Crippen LogP contribution < -0.4 is 9.64 Å². The Morgan fingerprint density at radius 2 is 1.79 bits per heavy atom. The van der Waals surface area contributed by atoms with Gasteiger partial charge in [-0.15, -0.1) is 0 Å². The van der Waals surface area contributed by atoms with Gasteiger partial charge in [0.2, 0.25) is 5.60 Å². The lowest BCUT2D eigenvalue weighted by Gasteiger charge is -2.63. The van der Waals surface area contributed by atoms with Gasteiger partial charge in [0.25, 0.3) is 0 Å². The molecule has 9 atom stereocenters. The van der Waals surface area contributed by atoms with Crippen molar-refractivity contribution in [3.8, 4) is 17.6 Å². The van der Waals surface area contributed by atoms with Crippen molar-refractivity contribution in [1.82, 2.24) is 14.8 Å². The van der Waals surface area contributed by atoms with Crippen molar-refractivity contribution in [2.45, 2.75) is 87.6 Å². The van der Waals surface area contributed by atoms with Gasteiger partial charge in [-0.2, -0.15) is 0 Å². The van der Waals surface area contributed by atoms with Crippen LogP contribution in [0.5, 0.6) is 5.75 Å². The van der Waals surface area contributed by atoms with E-state index in [0.717, 1.165) is 58.5 Å². The first-order chi connectivity index (χ1) is 29.8. The number of hydrogen-bond donors (Lipinski definition) is 2. The molecule has 0 amide bonds. The highest BCUT2D eigenvalue weighted by molar-refractivity contribution is 5.95. The number of esters is 3. The van der Waals surface area contributed by atoms with Crippen molar-refractivity contribution in [3.05, 3.63) is 82.1 Å². The summed E-state index contributed by atoms with van der Waals surface area (Å²) >= 11 is 0. The zero-order valence-corrected chi connectivity index (χ0v) is 37.1. The van der Waals surface area contributed by atoms with Crippen LogP contribution in [0.4, 0.5) is 5.69 Å². The molecule has 6 aliphatic rings. The molecule has 328 valence electrons. The van der Waals surface area contributed by atoms with Crippen molar-refractivity contribution >= 4 is 34.5 Å². The lowest BCUT2D eigenvalue weighted by molar-refractivity contribution is -0.228. The van der Waals surface area contributed by atoms with Gasteiger partial charge < -0.3 is 38.7 Å². The number of ether oxygens (including phenoxy) is 5. The average molecular weight is 847 g/mol. The average Bonchev–Trinajstić information content (AvgIpc) is 3.92. The predicted molar refractivity (Wildman–Crippen MR) is 233 cm³/mol. The number of aromatic nitrogens is 1. The van der Waals surface area contributed by atoms with E-state index in [4.69, 9.17) is 23.7 Å². The Labute approximate surface area is 363 Å². The van der Waals surface area contributed by atoms with Crippen LogP contribution in [0.25, 0.3) is 10.9 Å². The Hall–Kier alpha value is -5.13. The molecule has 2 N–H and O–H groups in total. The van der Waals surface area contributed by atoms with Crippen LogP contribution in [0, 0.1) is 23.2 Å². The SMILES string of the molecule is CCC1=C[C@H]2CN(C1)Cc1c([nH]c3ccc(C#CCOC)cc13)[C@@](C(=O)OC)(c1cc3c(cc1OC)N(C)[C@H]1[C@@](O)(C(=O)OC)[C@H](OC(C)=O)[C@]4(CC)C=CCN5CC[C@]31[C@@H]54)C2. The molecule has 5 aliphatic heterocycles. The van der Waals surface area contributed by atoms with Crippen molar-refractivity contribution in [2.24, 2.45) is 11.3 Å². The molecule has 1 saturated heterocycles. The van der Waals surface area contributed by atoms with Crippen molar-refractivity contribution in [1.29, 1.82) is 0 Å². The second-order valence-electron chi connectivity index (χ2n) is 18.1. The van der Waals surface area contributed by atoms with Gasteiger partial charge >= 0.3 is 17.9 Å². The Morgan fingerprint density at radius 1 is 1.00 bits per heavy atom. The summed E-state index contributed by atoms with van der Waals surface area (Å²) in [7, 11) is 7.82. The molecule has 2 bridgehead atoms. The second kappa shape index (κ2) is 15.3. The maximum Gasteiger partial charge on any atom is 0.344 e. The first-order valence-electron chi connectivity index (χ1n) is 21.8. The fourth-order valence-corrected chi connectivity index (χ4v) is 13.2. The maximum absolute atomic E-state index is 15.4. The van der Waals surface area contributed by atoms with Crippen LogP contribution in [-0.2, 0) is 50.7 Å². The van der Waals surface area contributed by atoms with E-state index >= 15 is 4.79 Å². The Morgan fingerprint density at radius 3 is 2.48 bits per heavy atom. The number of likely N-dealkylation sites (N-methyl/N-ethyl adjacent to an activating group) is 1. The topological polar surface area (TPSA) is 143 Å². The van der Waals surface area contributed by atoms with Crippen LogP contribution in [0.1, 0.15) is 74.4 Å². The van der Waals surface area contributed by atoms with E-state index in [0.29, 0.717) is 56.8 Å². The number of benzene rings is 2. The summed E-state index contributed by atoms with van der Waals surface area (Å²) in [6, 6.07) is 8.96. The van der Waals surface area contributed by atoms with Gasteiger partial charge in [0.15, 0.2) is 6.10 Å². The molecule has 3 aromatic rings. The minimum absolute atomic E-state index is 0.0128. The molecule has 2 fully saturated rings. The lowest BCUT2D eigenvalue weighted by atomic mass is 9.47. The summed E-state index contributed by atoms with van der Waals surface area (Å²) in [4.78, 5) is 53.5. The number of hydrogen-bond acceptors (Lipinski definition) is 12. The third-order valence-corrected chi connectivity index (χ3v) is 15.3. The van der Waals surface area contributed by atoms with E-state index in [1.807, 2.05) is 37.1 Å². The molecule has 1 aromatic heterocycles. The maximum atomic E-state index is 15.4. The minimum atomic E-state index is -2.30. The van der Waals surface area contributed by atoms with E-state index in [2.05, 4.69) is 63.9 Å². The van der Waals surface area contributed by atoms with E-state index in [-0.39, 0.29) is 12.0 Å². The summed E-state index contributed by atoms with van der Waals surface area (Å²) in [5.74, 6) is 4.90. The second-order valence-corrected chi connectivity index (χ2v) is 18.1. The number of H-pyrrole nitrogens is 1. The molecular formula is C49H58N4O9. The standard InChI is InChI=1S/C49H58N4O9/c1-9-30-21-32-25-48(44(55)60-7,40-34(28-52(26-30)27-32)33-22-31(13-11-20-58-5)14-15-37(33)50-40)36-23-35-38(24-39(36)59-6)51(4)42-47(35)17-19-53-18-12-16-46(10-2,41(47)53)43(62-29(3)54)49(42,57)45(56)61-8/h12,14-16,21-24,32,41-43,50,57H,9-10,17-20,25-28H2,1-8H3/t32-,41+,42-,43-,46-,47-,48+,49+/m1/s1. The molecule has 1 spiro atoms. The molecular weight excluding hydrogens is 789 g/mol. The quantitative estimate of drug-likeness (QED) is 0.140. The first-order valence-corrected chi connectivity index (χ1v) is 21.8. The third-order valence-electron chi connectivity index (χ3n) is 15.3. The fraction of sp³-hybridized carbons (Fsp3) is 0.531. The van der Waals surface area contributed by atoms with Gasteiger partial charge in [-0.25, -0.2) is 4.79 Å².